The fourth-order valence-electron chi connectivity index (χ4n) is 2.73. The molecule has 0 radical (unpaired) electrons. The number of sulfonamides is 1. The zero-order chi connectivity index (χ0) is 14.7. The van der Waals surface area contributed by atoms with E-state index in [1.807, 2.05) is 30.3 Å². The molecule has 5 nitrogen and oxygen atoms in total. The molecule has 0 amide bonds. The molecular weight excluding hydrogens is 286 g/mol. The van der Waals surface area contributed by atoms with E-state index in [9.17, 15) is 8.42 Å². The van der Waals surface area contributed by atoms with Crippen LogP contribution in [0.1, 0.15) is 30.1 Å². The van der Waals surface area contributed by atoms with Gasteiger partial charge in [-0.3, -0.25) is 0 Å². The summed E-state index contributed by atoms with van der Waals surface area (Å²) in [5.41, 5.74) is 1.59. The van der Waals surface area contributed by atoms with Crippen molar-refractivity contribution < 1.29 is 8.42 Å². The normalized spacial score (nSPS) is 19.7. The van der Waals surface area contributed by atoms with Crippen molar-refractivity contribution in [2.45, 2.75) is 24.6 Å². The molecule has 1 aromatic heterocycles. The Balaban J connectivity index is 1.84. The molecule has 1 unspecified atom stereocenters. The van der Waals surface area contributed by atoms with Gasteiger partial charge in [0.1, 0.15) is 6.33 Å². The largest absolute Gasteiger partial charge is 0.245 e. The summed E-state index contributed by atoms with van der Waals surface area (Å²) < 4.78 is 26.9. The molecular formula is C15H17N3O2S. The van der Waals surface area contributed by atoms with Crippen LogP contribution in [0.15, 0.2) is 48.9 Å². The molecule has 1 aromatic carbocycles. The molecule has 21 heavy (non-hydrogen) atoms. The van der Waals surface area contributed by atoms with Gasteiger partial charge in [-0.25, -0.2) is 18.4 Å². The van der Waals surface area contributed by atoms with E-state index in [1.54, 1.807) is 16.6 Å². The molecule has 1 saturated heterocycles. The Morgan fingerprint density at radius 2 is 2.00 bits per heavy atom. The minimum Gasteiger partial charge on any atom is -0.245 e. The predicted octanol–water partition coefficient (Wildman–Crippen LogP) is 2.14. The summed E-state index contributed by atoms with van der Waals surface area (Å²) >= 11 is 0. The molecule has 1 atom stereocenters. The monoisotopic (exact) mass is 303 g/mol. The molecule has 0 aliphatic carbocycles. The third kappa shape index (κ3) is 3.11. The van der Waals surface area contributed by atoms with Gasteiger partial charge in [0.2, 0.25) is 10.0 Å². The van der Waals surface area contributed by atoms with E-state index in [2.05, 4.69) is 9.97 Å². The van der Waals surface area contributed by atoms with Crippen LogP contribution in [0.25, 0.3) is 0 Å². The van der Waals surface area contributed by atoms with Gasteiger partial charge in [-0.05, 0) is 24.5 Å². The molecule has 1 aliphatic rings. The Kier molecular flexibility index (Phi) is 3.98. The van der Waals surface area contributed by atoms with Crippen molar-refractivity contribution in [3.05, 3.63) is 60.2 Å². The molecule has 3 rings (SSSR count). The van der Waals surface area contributed by atoms with Crippen molar-refractivity contribution in [3.8, 4) is 0 Å². The Bertz CT molecular complexity index is 689. The first-order chi connectivity index (χ1) is 10.2. The van der Waals surface area contributed by atoms with Gasteiger partial charge in [0.05, 0.1) is 17.5 Å². The van der Waals surface area contributed by atoms with E-state index in [4.69, 9.17) is 0 Å². The zero-order valence-electron chi connectivity index (χ0n) is 11.6. The highest BCUT2D eigenvalue weighted by atomic mass is 32.2. The summed E-state index contributed by atoms with van der Waals surface area (Å²) in [7, 11) is -3.34. The van der Waals surface area contributed by atoms with Gasteiger partial charge in [-0.1, -0.05) is 30.3 Å². The molecule has 2 aromatic rings. The molecule has 0 bridgehead atoms. The third-order valence-electron chi connectivity index (χ3n) is 3.70. The van der Waals surface area contributed by atoms with Crippen LogP contribution in [-0.2, 0) is 15.8 Å². The molecule has 0 saturated carbocycles. The van der Waals surface area contributed by atoms with Crippen LogP contribution < -0.4 is 0 Å². The minimum atomic E-state index is -3.34. The molecule has 6 heteroatoms. The van der Waals surface area contributed by atoms with Crippen molar-refractivity contribution in [2.75, 3.05) is 6.54 Å². The third-order valence-corrected chi connectivity index (χ3v) is 5.55. The lowest BCUT2D eigenvalue weighted by atomic mass is 10.1. The number of nitrogens with zero attached hydrogens (tertiary/aromatic N) is 3. The van der Waals surface area contributed by atoms with Crippen LogP contribution in [0, 0.1) is 0 Å². The van der Waals surface area contributed by atoms with Crippen LogP contribution in [0.2, 0.25) is 0 Å². The van der Waals surface area contributed by atoms with Gasteiger partial charge < -0.3 is 0 Å². The number of rotatable bonds is 4. The second kappa shape index (κ2) is 5.91. The minimum absolute atomic E-state index is 0.0371. The van der Waals surface area contributed by atoms with E-state index in [-0.39, 0.29) is 11.8 Å². The highest BCUT2D eigenvalue weighted by Crippen LogP contribution is 2.33. The summed E-state index contributed by atoms with van der Waals surface area (Å²) in [6, 6.07) is 10.9. The van der Waals surface area contributed by atoms with Gasteiger partial charge in [0, 0.05) is 12.7 Å². The maximum Gasteiger partial charge on any atom is 0.218 e. The van der Waals surface area contributed by atoms with Crippen molar-refractivity contribution in [1.82, 2.24) is 14.3 Å². The van der Waals surface area contributed by atoms with Crippen LogP contribution in [0.4, 0.5) is 0 Å². The Morgan fingerprint density at radius 1 is 1.19 bits per heavy atom. The Morgan fingerprint density at radius 3 is 2.71 bits per heavy atom. The fraction of sp³-hybridized carbons (Fsp3) is 0.333. The molecule has 110 valence electrons. The average Bonchev–Trinajstić information content (AvgIpc) is 2.99. The lowest BCUT2D eigenvalue weighted by Gasteiger charge is -2.23. The Labute approximate surface area is 124 Å². The smallest absolute Gasteiger partial charge is 0.218 e. The van der Waals surface area contributed by atoms with E-state index in [0.29, 0.717) is 6.54 Å². The fourth-order valence-corrected chi connectivity index (χ4v) is 4.52. The first-order valence-corrected chi connectivity index (χ1v) is 8.57. The highest BCUT2D eigenvalue weighted by Gasteiger charge is 2.35. The zero-order valence-corrected chi connectivity index (χ0v) is 12.4. The van der Waals surface area contributed by atoms with E-state index < -0.39 is 10.0 Å². The summed E-state index contributed by atoms with van der Waals surface area (Å²) in [6.07, 6.45) is 4.80. The van der Waals surface area contributed by atoms with Crippen LogP contribution in [0.3, 0.4) is 0 Å². The second-order valence-electron chi connectivity index (χ2n) is 5.14. The summed E-state index contributed by atoms with van der Waals surface area (Å²) in [5, 5.41) is 0. The number of hydrogen-bond acceptors (Lipinski definition) is 4. The van der Waals surface area contributed by atoms with Gasteiger partial charge in [0.15, 0.2) is 0 Å². The summed E-state index contributed by atoms with van der Waals surface area (Å²) in [5.74, 6) is 0.0371. The number of aromatic nitrogens is 2. The van der Waals surface area contributed by atoms with Crippen LogP contribution in [-0.4, -0.2) is 29.2 Å². The Hall–Kier alpha value is -1.79. The molecule has 2 heterocycles. The van der Waals surface area contributed by atoms with Gasteiger partial charge in [-0.15, -0.1) is 0 Å². The van der Waals surface area contributed by atoms with E-state index in [0.717, 1.165) is 24.1 Å². The van der Waals surface area contributed by atoms with Gasteiger partial charge in [0.25, 0.3) is 0 Å². The second-order valence-corrected chi connectivity index (χ2v) is 7.07. The van der Waals surface area contributed by atoms with E-state index >= 15 is 0 Å². The standard InChI is InChI=1S/C15H17N3O2S/c19-21(20,11-13-5-2-1-3-6-13)18-10-4-7-15(18)14-8-9-16-12-17-14/h1-3,5-6,8-9,12,15H,4,7,10-11H2. The van der Waals surface area contributed by atoms with Crippen molar-refractivity contribution >= 4 is 10.0 Å². The summed E-state index contributed by atoms with van der Waals surface area (Å²) in [4.78, 5) is 8.11. The summed E-state index contributed by atoms with van der Waals surface area (Å²) in [6.45, 7) is 0.559. The first-order valence-electron chi connectivity index (χ1n) is 6.96. The molecule has 0 N–H and O–H groups in total. The van der Waals surface area contributed by atoms with Crippen molar-refractivity contribution in [3.63, 3.8) is 0 Å². The lowest BCUT2D eigenvalue weighted by molar-refractivity contribution is 0.389. The van der Waals surface area contributed by atoms with E-state index in [1.165, 1.54) is 6.33 Å². The number of benzene rings is 1. The number of hydrogen-bond donors (Lipinski definition) is 0. The average molecular weight is 303 g/mol. The highest BCUT2D eigenvalue weighted by molar-refractivity contribution is 7.88. The SMILES string of the molecule is O=S(=O)(Cc1ccccc1)N1CCCC1c1ccncn1. The van der Waals surface area contributed by atoms with Crippen LogP contribution in [0.5, 0.6) is 0 Å². The van der Waals surface area contributed by atoms with Crippen LogP contribution >= 0.6 is 0 Å². The van der Waals surface area contributed by atoms with Gasteiger partial charge in [-0.2, -0.15) is 4.31 Å². The van der Waals surface area contributed by atoms with Crippen molar-refractivity contribution in [1.29, 1.82) is 0 Å². The lowest BCUT2D eigenvalue weighted by Crippen LogP contribution is -2.32. The first kappa shape index (κ1) is 14.2. The maximum absolute atomic E-state index is 12.7. The topological polar surface area (TPSA) is 63.2 Å². The quantitative estimate of drug-likeness (QED) is 0.868. The van der Waals surface area contributed by atoms with Gasteiger partial charge >= 0.3 is 0 Å². The molecule has 0 spiro atoms. The molecule has 1 fully saturated rings. The predicted molar refractivity (Wildman–Crippen MR) is 79.8 cm³/mol. The molecule has 1 aliphatic heterocycles. The maximum atomic E-state index is 12.7. The van der Waals surface area contributed by atoms with Crippen molar-refractivity contribution in [2.24, 2.45) is 0 Å².